The Kier molecular flexibility index (Phi) is 7.18. The fraction of sp³-hybridized carbons (Fsp3) is 0.667. The molecule has 1 saturated carbocycles. The highest BCUT2D eigenvalue weighted by Crippen LogP contribution is 2.23. The molecule has 2 aliphatic rings. The Bertz CT molecular complexity index is 562. The molecule has 0 unspecified atom stereocenters. The van der Waals surface area contributed by atoms with Crippen LogP contribution in [0.1, 0.15) is 44.1 Å². The van der Waals surface area contributed by atoms with Gasteiger partial charge in [0.15, 0.2) is 0 Å². The zero-order valence-electron chi connectivity index (χ0n) is 16.1. The van der Waals surface area contributed by atoms with E-state index in [4.69, 9.17) is 4.74 Å². The summed E-state index contributed by atoms with van der Waals surface area (Å²) in [5.74, 6) is 0.888. The van der Waals surface area contributed by atoms with Crippen molar-refractivity contribution in [3.05, 3.63) is 29.8 Å². The minimum atomic E-state index is 0.0698. The van der Waals surface area contributed by atoms with Crippen molar-refractivity contribution in [2.24, 2.45) is 0 Å². The Balaban J connectivity index is 1.39. The first-order chi connectivity index (χ1) is 12.8. The van der Waals surface area contributed by atoms with Crippen LogP contribution in [0.4, 0.5) is 4.79 Å². The number of amides is 2. The molecule has 0 spiro atoms. The Morgan fingerprint density at radius 2 is 1.77 bits per heavy atom. The number of nitrogens with one attached hydrogen (secondary N) is 1. The number of methoxy groups -OCH3 is 1. The predicted octanol–water partition coefficient (Wildman–Crippen LogP) is 3.29. The molecule has 0 atom stereocenters. The van der Waals surface area contributed by atoms with Crippen LogP contribution in [0.3, 0.4) is 0 Å². The average molecular weight is 360 g/mol. The number of benzene rings is 1. The second-order valence-corrected chi connectivity index (χ2v) is 7.46. The molecule has 0 aromatic heterocycles. The molecule has 1 saturated heterocycles. The second kappa shape index (κ2) is 9.81. The van der Waals surface area contributed by atoms with Gasteiger partial charge >= 0.3 is 6.03 Å². The molecule has 0 bridgehead atoms. The van der Waals surface area contributed by atoms with Gasteiger partial charge in [-0.3, -0.25) is 4.90 Å². The van der Waals surface area contributed by atoms with Gasteiger partial charge in [0.05, 0.1) is 7.11 Å². The molecule has 1 aromatic carbocycles. The lowest BCUT2D eigenvalue weighted by molar-refractivity contribution is 0.101. The standard InChI is InChI=1S/C21H33N3O2/c1-26-20-11-7-6-8-18(20)12-13-22-21(25)24-16-14-23(15-17-24)19-9-4-2-3-5-10-19/h6-8,11,19H,2-5,9-10,12-17H2,1H3,(H,22,25). The summed E-state index contributed by atoms with van der Waals surface area (Å²) in [4.78, 5) is 17.0. The molecule has 1 aliphatic heterocycles. The molecule has 5 nitrogen and oxygen atoms in total. The van der Waals surface area contributed by atoms with Crippen LogP contribution in [0.25, 0.3) is 0 Å². The van der Waals surface area contributed by atoms with Crippen molar-refractivity contribution < 1.29 is 9.53 Å². The number of hydrogen-bond acceptors (Lipinski definition) is 3. The Labute approximate surface area is 157 Å². The van der Waals surface area contributed by atoms with E-state index >= 15 is 0 Å². The summed E-state index contributed by atoms with van der Waals surface area (Å²) in [5, 5.41) is 3.07. The van der Waals surface area contributed by atoms with Gasteiger partial charge in [-0.05, 0) is 30.9 Å². The molecule has 1 N–H and O–H groups in total. The fourth-order valence-electron chi connectivity index (χ4n) is 4.24. The van der Waals surface area contributed by atoms with Crippen molar-refractivity contribution in [2.75, 3.05) is 39.8 Å². The Morgan fingerprint density at radius 3 is 2.46 bits per heavy atom. The lowest BCUT2D eigenvalue weighted by Gasteiger charge is -2.39. The maximum Gasteiger partial charge on any atom is 0.317 e. The number of carbonyl (C=O) groups excluding carboxylic acids is 1. The van der Waals surface area contributed by atoms with Crippen molar-refractivity contribution in [1.82, 2.24) is 15.1 Å². The number of rotatable bonds is 5. The zero-order valence-corrected chi connectivity index (χ0v) is 16.1. The van der Waals surface area contributed by atoms with Crippen molar-refractivity contribution in [2.45, 2.75) is 51.0 Å². The summed E-state index contributed by atoms with van der Waals surface area (Å²) in [6, 6.07) is 8.80. The molecule has 1 aliphatic carbocycles. The largest absolute Gasteiger partial charge is 0.496 e. The van der Waals surface area contributed by atoms with Crippen molar-refractivity contribution in [1.29, 1.82) is 0 Å². The smallest absolute Gasteiger partial charge is 0.317 e. The maximum absolute atomic E-state index is 12.4. The first kappa shape index (κ1) is 19.0. The second-order valence-electron chi connectivity index (χ2n) is 7.46. The van der Waals surface area contributed by atoms with Crippen LogP contribution in [-0.4, -0.2) is 61.7 Å². The molecule has 0 radical (unpaired) electrons. The van der Waals surface area contributed by atoms with Crippen molar-refractivity contribution in [3.63, 3.8) is 0 Å². The number of ether oxygens (including phenoxy) is 1. The third-order valence-electron chi connectivity index (χ3n) is 5.81. The lowest BCUT2D eigenvalue weighted by atomic mass is 10.1. The third kappa shape index (κ3) is 5.13. The lowest BCUT2D eigenvalue weighted by Crippen LogP contribution is -2.54. The Hall–Kier alpha value is -1.75. The van der Waals surface area contributed by atoms with Crippen LogP contribution in [0.15, 0.2) is 24.3 Å². The SMILES string of the molecule is COc1ccccc1CCNC(=O)N1CCN(C2CCCCCC2)CC1. The van der Waals surface area contributed by atoms with Crippen LogP contribution >= 0.6 is 0 Å². The number of urea groups is 1. The van der Waals surface area contributed by atoms with Crippen LogP contribution < -0.4 is 10.1 Å². The molecule has 2 amide bonds. The third-order valence-corrected chi connectivity index (χ3v) is 5.81. The van der Waals surface area contributed by atoms with Crippen LogP contribution in [0, 0.1) is 0 Å². The molecular formula is C21H33N3O2. The van der Waals surface area contributed by atoms with Gasteiger partial charge in [0.1, 0.15) is 5.75 Å². The molecule has 1 heterocycles. The first-order valence-corrected chi connectivity index (χ1v) is 10.2. The van der Waals surface area contributed by atoms with E-state index in [0.29, 0.717) is 6.54 Å². The summed E-state index contributed by atoms with van der Waals surface area (Å²) in [6.07, 6.45) is 8.99. The van der Waals surface area contributed by atoms with Gasteiger partial charge in [-0.1, -0.05) is 43.9 Å². The number of piperazine rings is 1. The Morgan fingerprint density at radius 1 is 1.08 bits per heavy atom. The van der Waals surface area contributed by atoms with Gasteiger partial charge in [-0.25, -0.2) is 4.79 Å². The van der Waals surface area contributed by atoms with Crippen molar-refractivity contribution in [3.8, 4) is 5.75 Å². The molecule has 5 heteroatoms. The summed E-state index contributed by atoms with van der Waals surface area (Å²) >= 11 is 0. The normalized spacial score (nSPS) is 19.8. The topological polar surface area (TPSA) is 44.8 Å². The molecule has 26 heavy (non-hydrogen) atoms. The van der Waals surface area contributed by atoms with Crippen LogP contribution in [0.2, 0.25) is 0 Å². The van der Waals surface area contributed by atoms with Crippen molar-refractivity contribution >= 4 is 6.03 Å². The number of nitrogens with zero attached hydrogens (tertiary/aromatic N) is 2. The van der Waals surface area contributed by atoms with E-state index in [1.54, 1.807) is 7.11 Å². The number of hydrogen-bond donors (Lipinski definition) is 1. The van der Waals surface area contributed by atoms with Crippen LogP contribution in [-0.2, 0) is 6.42 Å². The minimum Gasteiger partial charge on any atom is -0.496 e. The van der Waals surface area contributed by atoms with E-state index in [-0.39, 0.29) is 6.03 Å². The molecule has 1 aromatic rings. The van der Waals surface area contributed by atoms with E-state index in [9.17, 15) is 4.79 Å². The minimum absolute atomic E-state index is 0.0698. The summed E-state index contributed by atoms with van der Waals surface area (Å²) in [6.45, 7) is 4.37. The molecule has 2 fully saturated rings. The van der Waals surface area contributed by atoms with Gasteiger partial charge in [0.25, 0.3) is 0 Å². The predicted molar refractivity (Wildman–Crippen MR) is 105 cm³/mol. The van der Waals surface area contributed by atoms with E-state index in [1.165, 1.54) is 38.5 Å². The van der Waals surface area contributed by atoms with Gasteiger partial charge in [0, 0.05) is 38.8 Å². The number of para-hydroxylation sites is 1. The molecule has 3 rings (SSSR count). The number of carbonyl (C=O) groups is 1. The fourth-order valence-corrected chi connectivity index (χ4v) is 4.24. The van der Waals surface area contributed by atoms with E-state index < -0.39 is 0 Å². The summed E-state index contributed by atoms with van der Waals surface area (Å²) < 4.78 is 5.37. The van der Waals surface area contributed by atoms with Gasteiger partial charge < -0.3 is 15.0 Å². The van der Waals surface area contributed by atoms with Crippen LogP contribution in [0.5, 0.6) is 5.75 Å². The quantitative estimate of drug-likeness (QED) is 0.821. The first-order valence-electron chi connectivity index (χ1n) is 10.2. The highest BCUT2D eigenvalue weighted by molar-refractivity contribution is 5.74. The summed E-state index contributed by atoms with van der Waals surface area (Å²) in [7, 11) is 1.69. The van der Waals surface area contributed by atoms with E-state index in [2.05, 4.69) is 16.3 Å². The molecular weight excluding hydrogens is 326 g/mol. The highest BCUT2D eigenvalue weighted by atomic mass is 16.5. The zero-order chi connectivity index (χ0) is 18.2. The van der Waals surface area contributed by atoms with Gasteiger partial charge in [0.2, 0.25) is 0 Å². The molecule has 144 valence electrons. The maximum atomic E-state index is 12.4. The average Bonchev–Trinajstić information content (AvgIpc) is 2.98. The van der Waals surface area contributed by atoms with Gasteiger partial charge in [-0.15, -0.1) is 0 Å². The van der Waals surface area contributed by atoms with Gasteiger partial charge in [-0.2, -0.15) is 0 Å². The van der Waals surface area contributed by atoms with E-state index in [1.807, 2.05) is 23.1 Å². The monoisotopic (exact) mass is 359 g/mol. The highest BCUT2D eigenvalue weighted by Gasteiger charge is 2.26. The summed E-state index contributed by atoms with van der Waals surface area (Å²) in [5.41, 5.74) is 1.13. The van der Waals surface area contributed by atoms with E-state index in [0.717, 1.165) is 50.0 Å².